The van der Waals surface area contributed by atoms with Crippen LogP contribution < -0.4 is 0 Å². The second-order valence-electron chi connectivity index (χ2n) is 6.65. The predicted molar refractivity (Wildman–Crippen MR) is 69.9 cm³/mol. The summed E-state index contributed by atoms with van der Waals surface area (Å²) in [6.45, 7) is 6.09. The van der Waals surface area contributed by atoms with Crippen molar-refractivity contribution in [2.75, 3.05) is 6.54 Å². The molecule has 0 aromatic carbocycles. The Hall–Kier alpha value is -1.26. The minimum absolute atomic E-state index is 0.200. The van der Waals surface area contributed by atoms with Crippen molar-refractivity contribution in [1.29, 1.82) is 0 Å². The fourth-order valence-electron chi connectivity index (χ4n) is 2.87. The zero-order chi connectivity index (χ0) is 14.3. The maximum Gasteiger partial charge on any atom is 0.410 e. The molecule has 108 valence electrons. The monoisotopic (exact) mass is 269 g/mol. The minimum Gasteiger partial charge on any atom is -0.481 e. The van der Waals surface area contributed by atoms with Crippen LogP contribution in [0.3, 0.4) is 0 Å². The van der Waals surface area contributed by atoms with Crippen LogP contribution in [0.5, 0.6) is 0 Å². The van der Waals surface area contributed by atoms with E-state index in [2.05, 4.69) is 0 Å². The largest absolute Gasteiger partial charge is 0.481 e. The van der Waals surface area contributed by atoms with Gasteiger partial charge in [-0.1, -0.05) is 0 Å². The molecule has 1 aliphatic carbocycles. The Bertz CT molecular complexity index is 381. The topological polar surface area (TPSA) is 66.8 Å². The van der Waals surface area contributed by atoms with Gasteiger partial charge in [0.25, 0.3) is 0 Å². The number of rotatable bonds is 2. The predicted octanol–water partition coefficient (Wildman–Crippen LogP) is 2.64. The van der Waals surface area contributed by atoms with Crippen LogP contribution in [0.15, 0.2) is 0 Å². The number of amides is 1. The summed E-state index contributed by atoms with van der Waals surface area (Å²) >= 11 is 0. The quantitative estimate of drug-likeness (QED) is 0.836. The highest BCUT2D eigenvalue weighted by atomic mass is 16.6. The SMILES string of the molecule is CC(C)(C)OC(=O)N1CCCC[C@@H]1C1(C(=O)O)CC1. The molecule has 0 aromatic rings. The van der Waals surface area contributed by atoms with Gasteiger partial charge in [-0.05, 0) is 52.9 Å². The summed E-state index contributed by atoms with van der Waals surface area (Å²) in [5.74, 6) is -0.770. The van der Waals surface area contributed by atoms with Crippen LogP contribution in [0.4, 0.5) is 4.79 Å². The van der Waals surface area contributed by atoms with Gasteiger partial charge in [0.1, 0.15) is 5.60 Å². The summed E-state index contributed by atoms with van der Waals surface area (Å²) in [4.78, 5) is 25.3. The number of aliphatic carboxylic acids is 1. The number of hydrogen-bond donors (Lipinski definition) is 1. The van der Waals surface area contributed by atoms with Crippen LogP contribution in [0, 0.1) is 5.41 Å². The van der Waals surface area contributed by atoms with Crippen LogP contribution in [0.1, 0.15) is 52.9 Å². The zero-order valence-electron chi connectivity index (χ0n) is 11.9. The molecule has 1 aliphatic heterocycles. The van der Waals surface area contributed by atoms with E-state index in [1.54, 1.807) is 4.90 Å². The fourth-order valence-corrected chi connectivity index (χ4v) is 2.87. The van der Waals surface area contributed by atoms with Gasteiger partial charge in [-0.3, -0.25) is 4.79 Å². The van der Waals surface area contributed by atoms with Crippen molar-refractivity contribution >= 4 is 12.1 Å². The van der Waals surface area contributed by atoms with E-state index < -0.39 is 17.0 Å². The minimum atomic E-state index is -0.770. The van der Waals surface area contributed by atoms with Crippen LogP contribution in [0.2, 0.25) is 0 Å². The zero-order valence-corrected chi connectivity index (χ0v) is 11.9. The summed E-state index contributed by atoms with van der Waals surface area (Å²) in [6.07, 6.45) is 3.65. The van der Waals surface area contributed by atoms with Crippen LogP contribution in [0.25, 0.3) is 0 Å². The molecule has 2 aliphatic rings. The molecule has 0 unspecified atom stereocenters. The van der Waals surface area contributed by atoms with Crippen molar-refractivity contribution in [2.45, 2.75) is 64.5 Å². The van der Waals surface area contributed by atoms with Crippen LogP contribution in [-0.4, -0.2) is 40.3 Å². The molecule has 1 saturated carbocycles. The Kier molecular flexibility index (Phi) is 3.49. The van der Waals surface area contributed by atoms with E-state index in [0.717, 1.165) is 19.3 Å². The van der Waals surface area contributed by atoms with Gasteiger partial charge in [0, 0.05) is 6.54 Å². The summed E-state index contributed by atoms with van der Waals surface area (Å²) in [5.41, 5.74) is -1.25. The van der Waals surface area contributed by atoms with Crippen molar-refractivity contribution in [3.05, 3.63) is 0 Å². The van der Waals surface area contributed by atoms with Crippen molar-refractivity contribution in [2.24, 2.45) is 5.41 Å². The van der Waals surface area contributed by atoms with Crippen molar-refractivity contribution in [3.8, 4) is 0 Å². The fraction of sp³-hybridized carbons (Fsp3) is 0.857. The first-order chi connectivity index (χ1) is 8.76. The number of carbonyl (C=O) groups excluding carboxylic acids is 1. The lowest BCUT2D eigenvalue weighted by atomic mass is 9.88. The number of nitrogens with zero attached hydrogens (tertiary/aromatic N) is 1. The van der Waals surface area contributed by atoms with Crippen LogP contribution >= 0.6 is 0 Å². The number of hydrogen-bond acceptors (Lipinski definition) is 3. The number of likely N-dealkylation sites (tertiary alicyclic amines) is 1. The van der Waals surface area contributed by atoms with Crippen molar-refractivity contribution in [1.82, 2.24) is 4.90 Å². The average molecular weight is 269 g/mol. The molecule has 0 aromatic heterocycles. The number of carboxylic acid groups (broad SMARTS) is 1. The third kappa shape index (κ3) is 2.85. The molecule has 0 spiro atoms. The van der Waals surface area contributed by atoms with E-state index in [4.69, 9.17) is 4.74 Å². The summed E-state index contributed by atoms with van der Waals surface area (Å²) < 4.78 is 5.40. The molecule has 5 nitrogen and oxygen atoms in total. The Morgan fingerprint density at radius 2 is 1.89 bits per heavy atom. The summed E-state index contributed by atoms with van der Waals surface area (Å²) in [6, 6.07) is -0.200. The van der Waals surface area contributed by atoms with Gasteiger partial charge < -0.3 is 14.7 Å². The lowest BCUT2D eigenvalue weighted by Gasteiger charge is -2.39. The Balaban J connectivity index is 2.13. The van der Waals surface area contributed by atoms with E-state index in [9.17, 15) is 14.7 Å². The van der Waals surface area contributed by atoms with E-state index in [-0.39, 0.29) is 12.1 Å². The number of piperidine rings is 1. The van der Waals surface area contributed by atoms with E-state index in [1.165, 1.54) is 0 Å². The lowest BCUT2D eigenvalue weighted by Crippen LogP contribution is -2.52. The van der Waals surface area contributed by atoms with Gasteiger partial charge in [0.2, 0.25) is 0 Å². The molecule has 1 heterocycles. The third-order valence-corrected chi connectivity index (χ3v) is 3.98. The standard InChI is InChI=1S/C14H23NO4/c1-13(2,3)19-12(18)15-9-5-4-6-10(15)14(7-8-14)11(16)17/h10H,4-9H2,1-3H3,(H,16,17)/t10-/m1/s1. The van der Waals surface area contributed by atoms with Gasteiger partial charge >= 0.3 is 12.1 Å². The Morgan fingerprint density at radius 1 is 1.26 bits per heavy atom. The molecular formula is C14H23NO4. The molecule has 1 N–H and O–H groups in total. The van der Waals surface area contributed by atoms with Crippen LogP contribution in [-0.2, 0) is 9.53 Å². The molecule has 0 radical (unpaired) electrons. The van der Waals surface area contributed by atoms with E-state index in [1.807, 2.05) is 20.8 Å². The number of carboxylic acids is 1. The number of carbonyl (C=O) groups is 2. The van der Waals surface area contributed by atoms with E-state index >= 15 is 0 Å². The normalized spacial score (nSPS) is 25.8. The van der Waals surface area contributed by atoms with Gasteiger partial charge in [-0.15, -0.1) is 0 Å². The molecule has 1 atom stereocenters. The van der Waals surface area contributed by atoms with Gasteiger partial charge in [-0.25, -0.2) is 4.79 Å². The van der Waals surface area contributed by atoms with E-state index in [0.29, 0.717) is 19.4 Å². The molecule has 5 heteroatoms. The summed E-state index contributed by atoms with van der Waals surface area (Å²) in [5, 5.41) is 9.41. The highest BCUT2D eigenvalue weighted by molar-refractivity contribution is 5.80. The third-order valence-electron chi connectivity index (χ3n) is 3.98. The molecule has 0 bridgehead atoms. The second kappa shape index (κ2) is 4.69. The van der Waals surface area contributed by atoms with Crippen molar-refractivity contribution in [3.63, 3.8) is 0 Å². The average Bonchev–Trinajstić information content (AvgIpc) is 3.07. The maximum atomic E-state index is 12.2. The smallest absolute Gasteiger partial charge is 0.410 e. The molecule has 2 fully saturated rings. The number of ether oxygens (including phenoxy) is 1. The first-order valence-electron chi connectivity index (χ1n) is 6.99. The Labute approximate surface area is 113 Å². The maximum absolute atomic E-state index is 12.2. The Morgan fingerprint density at radius 3 is 2.37 bits per heavy atom. The summed E-state index contributed by atoms with van der Waals surface area (Å²) in [7, 11) is 0. The first-order valence-corrected chi connectivity index (χ1v) is 6.99. The van der Waals surface area contributed by atoms with Gasteiger partial charge in [-0.2, -0.15) is 0 Å². The second-order valence-corrected chi connectivity index (χ2v) is 6.65. The highest BCUT2D eigenvalue weighted by Gasteiger charge is 2.59. The molecule has 2 rings (SSSR count). The molecular weight excluding hydrogens is 246 g/mol. The molecule has 1 saturated heterocycles. The molecule has 19 heavy (non-hydrogen) atoms. The van der Waals surface area contributed by atoms with Crippen molar-refractivity contribution < 1.29 is 19.4 Å². The van der Waals surface area contributed by atoms with Gasteiger partial charge in [0.15, 0.2) is 0 Å². The first kappa shape index (κ1) is 14.2. The molecule has 1 amide bonds. The van der Waals surface area contributed by atoms with Gasteiger partial charge in [0.05, 0.1) is 11.5 Å². The lowest BCUT2D eigenvalue weighted by molar-refractivity contribution is -0.146. The highest BCUT2D eigenvalue weighted by Crippen LogP contribution is 2.53.